The molecule has 0 aromatic rings. The molecule has 0 amide bonds. The van der Waals surface area contributed by atoms with Crippen LogP contribution in [-0.4, -0.2) is 12.1 Å². The summed E-state index contributed by atoms with van der Waals surface area (Å²) in [6, 6.07) is 3.71. The summed E-state index contributed by atoms with van der Waals surface area (Å²) in [6.45, 7) is 0. The average molecular weight is 150 g/mol. The van der Waals surface area contributed by atoms with E-state index in [4.69, 9.17) is 5.26 Å². The molecule has 2 saturated heterocycles. The van der Waals surface area contributed by atoms with Crippen molar-refractivity contribution in [2.24, 2.45) is 5.92 Å². The maximum absolute atomic E-state index is 8.77. The van der Waals surface area contributed by atoms with Crippen LogP contribution in [-0.2, 0) is 0 Å². The van der Waals surface area contributed by atoms with Gasteiger partial charge in [-0.3, -0.25) is 0 Å². The third-order valence-electron chi connectivity index (χ3n) is 2.90. The molecule has 2 rings (SSSR count). The van der Waals surface area contributed by atoms with E-state index in [-0.39, 0.29) is 0 Å². The van der Waals surface area contributed by atoms with Crippen LogP contribution in [0.2, 0.25) is 0 Å². The fourth-order valence-electron chi connectivity index (χ4n) is 2.37. The van der Waals surface area contributed by atoms with Crippen molar-refractivity contribution in [3.05, 3.63) is 0 Å². The molecule has 0 aliphatic carbocycles. The summed E-state index contributed by atoms with van der Waals surface area (Å²) in [4.78, 5) is 0. The molecule has 11 heavy (non-hydrogen) atoms. The molecule has 3 atom stereocenters. The molecule has 0 spiro atoms. The first kappa shape index (κ1) is 7.12. The van der Waals surface area contributed by atoms with Crippen LogP contribution in [0.3, 0.4) is 0 Å². The Morgan fingerprint density at radius 3 is 2.36 bits per heavy atom. The minimum absolute atomic E-state index is 0.339. The largest absolute Gasteiger partial charge is 0.311 e. The fourth-order valence-corrected chi connectivity index (χ4v) is 2.37. The van der Waals surface area contributed by atoms with Crippen LogP contribution in [0.4, 0.5) is 0 Å². The van der Waals surface area contributed by atoms with Gasteiger partial charge in [-0.25, -0.2) is 0 Å². The summed E-state index contributed by atoms with van der Waals surface area (Å²) in [6.07, 6.45) is 6.11. The highest BCUT2D eigenvalue weighted by molar-refractivity contribution is 4.96. The minimum atomic E-state index is 0.339. The molecule has 0 aromatic carbocycles. The monoisotopic (exact) mass is 150 g/mol. The van der Waals surface area contributed by atoms with Crippen molar-refractivity contribution in [2.45, 2.75) is 44.2 Å². The van der Waals surface area contributed by atoms with Crippen LogP contribution >= 0.6 is 0 Å². The van der Waals surface area contributed by atoms with Crippen LogP contribution < -0.4 is 5.32 Å². The second-order valence-corrected chi connectivity index (χ2v) is 3.79. The Hall–Kier alpha value is -0.550. The van der Waals surface area contributed by atoms with E-state index in [2.05, 4.69) is 11.4 Å². The van der Waals surface area contributed by atoms with Gasteiger partial charge in [0.2, 0.25) is 0 Å². The number of nitrogens with one attached hydrogen (secondary N) is 1. The van der Waals surface area contributed by atoms with Gasteiger partial charge in [0.05, 0.1) is 6.07 Å². The normalized spacial score (nSPS) is 43.0. The number of nitrogens with zero attached hydrogens (tertiary/aromatic N) is 1. The van der Waals surface area contributed by atoms with E-state index in [1.807, 2.05) is 0 Å². The van der Waals surface area contributed by atoms with Gasteiger partial charge in [-0.15, -0.1) is 0 Å². The van der Waals surface area contributed by atoms with Crippen molar-refractivity contribution in [3.63, 3.8) is 0 Å². The number of hydrogen-bond acceptors (Lipinski definition) is 2. The average Bonchev–Trinajstić information content (AvgIpc) is 2.03. The maximum Gasteiger partial charge on any atom is 0.0657 e. The first-order valence-corrected chi connectivity index (χ1v) is 4.54. The van der Waals surface area contributed by atoms with Crippen LogP contribution in [0.5, 0.6) is 0 Å². The Morgan fingerprint density at radius 2 is 1.82 bits per heavy atom. The highest BCUT2D eigenvalue weighted by Crippen LogP contribution is 2.28. The molecule has 0 aromatic heterocycles. The molecule has 2 aliphatic rings. The van der Waals surface area contributed by atoms with Crippen molar-refractivity contribution in [1.82, 2.24) is 5.32 Å². The third-order valence-corrected chi connectivity index (χ3v) is 2.90. The van der Waals surface area contributed by atoms with Crippen LogP contribution in [0, 0.1) is 17.2 Å². The summed E-state index contributed by atoms with van der Waals surface area (Å²) >= 11 is 0. The van der Waals surface area contributed by atoms with Gasteiger partial charge in [-0.05, 0) is 25.7 Å². The van der Waals surface area contributed by atoms with Crippen molar-refractivity contribution >= 4 is 0 Å². The summed E-state index contributed by atoms with van der Waals surface area (Å²) in [5.74, 6) is 0.339. The first-order valence-electron chi connectivity index (χ1n) is 4.54. The Morgan fingerprint density at radius 1 is 1.18 bits per heavy atom. The van der Waals surface area contributed by atoms with E-state index in [1.54, 1.807) is 0 Å². The van der Waals surface area contributed by atoms with Gasteiger partial charge >= 0.3 is 0 Å². The molecule has 1 N–H and O–H groups in total. The molecule has 2 heterocycles. The van der Waals surface area contributed by atoms with Crippen LogP contribution in [0.25, 0.3) is 0 Å². The molecule has 2 heteroatoms. The lowest BCUT2D eigenvalue weighted by molar-refractivity contribution is 0.213. The van der Waals surface area contributed by atoms with Gasteiger partial charge < -0.3 is 5.32 Å². The number of fused-ring (bicyclic) bond motifs is 2. The molecule has 2 bridgehead atoms. The molecular weight excluding hydrogens is 136 g/mol. The van der Waals surface area contributed by atoms with Gasteiger partial charge in [0.15, 0.2) is 0 Å². The second-order valence-electron chi connectivity index (χ2n) is 3.79. The Labute approximate surface area is 67.6 Å². The fraction of sp³-hybridized carbons (Fsp3) is 0.889. The van der Waals surface area contributed by atoms with Crippen LogP contribution in [0.15, 0.2) is 0 Å². The van der Waals surface area contributed by atoms with Crippen molar-refractivity contribution in [1.29, 1.82) is 5.26 Å². The zero-order valence-corrected chi connectivity index (χ0v) is 6.71. The molecule has 0 unspecified atom stereocenters. The molecule has 60 valence electrons. The van der Waals surface area contributed by atoms with E-state index in [0.29, 0.717) is 18.0 Å². The van der Waals surface area contributed by atoms with Gasteiger partial charge in [0, 0.05) is 18.0 Å². The van der Waals surface area contributed by atoms with Crippen molar-refractivity contribution in [2.75, 3.05) is 0 Å². The molecule has 2 fully saturated rings. The number of hydrogen-bond donors (Lipinski definition) is 1. The quantitative estimate of drug-likeness (QED) is 0.567. The van der Waals surface area contributed by atoms with Gasteiger partial charge in [0.1, 0.15) is 0 Å². The zero-order valence-electron chi connectivity index (χ0n) is 6.71. The highest BCUT2D eigenvalue weighted by Gasteiger charge is 2.30. The Balaban J connectivity index is 2.01. The predicted octanol–water partition coefficient (Wildman–Crippen LogP) is 1.43. The first-order chi connectivity index (χ1) is 5.38. The smallest absolute Gasteiger partial charge is 0.0657 e. The van der Waals surface area contributed by atoms with Gasteiger partial charge in [-0.1, -0.05) is 6.42 Å². The van der Waals surface area contributed by atoms with E-state index in [0.717, 1.165) is 12.8 Å². The Kier molecular flexibility index (Phi) is 1.83. The molecule has 0 radical (unpaired) electrons. The molecule has 2 aliphatic heterocycles. The lowest BCUT2D eigenvalue weighted by Gasteiger charge is -2.38. The number of nitriles is 1. The van der Waals surface area contributed by atoms with E-state index < -0.39 is 0 Å². The lowest BCUT2D eigenvalue weighted by Crippen LogP contribution is -2.48. The number of piperidine rings is 2. The minimum Gasteiger partial charge on any atom is -0.311 e. The summed E-state index contributed by atoms with van der Waals surface area (Å²) < 4.78 is 0. The summed E-state index contributed by atoms with van der Waals surface area (Å²) in [7, 11) is 0. The predicted molar refractivity (Wildman–Crippen MR) is 42.9 cm³/mol. The topological polar surface area (TPSA) is 35.8 Å². The number of rotatable bonds is 0. The maximum atomic E-state index is 8.77. The van der Waals surface area contributed by atoms with E-state index in [1.165, 1.54) is 19.3 Å². The zero-order chi connectivity index (χ0) is 7.68. The molecule has 2 nitrogen and oxygen atoms in total. The molecular formula is C9H14N2. The lowest BCUT2D eigenvalue weighted by atomic mass is 9.81. The third kappa shape index (κ3) is 1.39. The van der Waals surface area contributed by atoms with Crippen LogP contribution in [0.1, 0.15) is 32.1 Å². The van der Waals surface area contributed by atoms with Crippen molar-refractivity contribution < 1.29 is 0 Å². The van der Waals surface area contributed by atoms with Gasteiger partial charge in [-0.2, -0.15) is 5.26 Å². The second kappa shape index (κ2) is 2.83. The van der Waals surface area contributed by atoms with Crippen molar-refractivity contribution in [3.8, 4) is 6.07 Å². The van der Waals surface area contributed by atoms with E-state index >= 15 is 0 Å². The van der Waals surface area contributed by atoms with Gasteiger partial charge in [0.25, 0.3) is 0 Å². The van der Waals surface area contributed by atoms with E-state index in [9.17, 15) is 0 Å². The Bertz CT molecular complexity index is 170. The summed E-state index contributed by atoms with van der Waals surface area (Å²) in [5.41, 5.74) is 0. The SMILES string of the molecule is N#C[C@@H]1C[C@H]2CCC[C@@H](C1)N2. The summed E-state index contributed by atoms with van der Waals surface area (Å²) in [5, 5.41) is 12.3. The standard InChI is InChI=1S/C9H14N2/c10-6-7-4-8-2-1-3-9(5-7)11-8/h7-9,11H,1-5H2/t7-,8-,9+. The highest BCUT2D eigenvalue weighted by atomic mass is 15.0. The molecule has 0 saturated carbocycles.